The normalized spacial score (nSPS) is 11.7. The molecule has 1 atom stereocenters. The maximum Gasteiger partial charge on any atom is 0.252 e. The first-order chi connectivity index (χ1) is 15.0. The number of carbonyl (C=O) groups is 2. The van der Waals surface area contributed by atoms with Crippen LogP contribution >= 0.6 is 0 Å². The summed E-state index contributed by atoms with van der Waals surface area (Å²) in [5, 5.41) is 7.11. The number of nitrogens with zero attached hydrogens (tertiary/aromatic N) is 3. The van der Waals surface area contributed by atoms with Crippen molar-refractivity contribution in [1.29, 1.82) is 0 Å². The number of hydrogen-bond acceptors (Lipinski definition) is 4. The molecule has 1 aromatic heterocycles. The lowest BCUT2D eigenvalue weighted by Crippen LogP contribution is -2.28. The summed E-state index contributed by atoms with van der Waals surface area (Å²) in [5.74, 6) is -0.459. The molecule has 0 bridgehead atoms. The van der Waals surface area contributed by atoms with E-state index in [0.717, 1.165) is 16.8 Å². The Morgan fingerprint density at radius 1 is 0.903 bits per heavy atom. The number of hydrogen-bond donors (Lipinski definition) is 1. The molecule has 0 aliphatic carbocycles. The van der Waals surface area contributed by atoms with Crippen LogP contribution in [-0.2, 0) is 0 Å². The SMILES string of the molecule is Cc1ccc(C(=O)c2ccccc2C(=O)NC(C)c2ccc(-n3cncn3)cc2)cc1. The number of amides is 1. The van der Waals surface area contributed by atoms with Gasteiger partial charge in [0.05, 0.1) is 17.3 Å². The standard InChI is InChI=1S/C25H22N4O2/c1-17-7-9-20(10-8-17)24(30)22-5-3-4-6-23(22)25(31)28-18(2)19-11-13-21(14-12-19)29-16-26-15-27-29/h3-16,18H,1-2H3,(H,28,31). The Morgan fingerprint density at radius 3 is 2.23 bits per heavy atom. The molecule has 6 nitrogen and oxygen atoms in total. The quantitative estimate of drug-likeness (QED) is 0.481. The predicted molar refractivity (Wildman–Crippen MR) is 118 cm³/mol. The van der Waals surface area contributed by atoms with E-state index in [4.69, 9.17) is 0 Å². The molecule has 0 saturated carbocycles. The van der Waals surface area contributed by atoms with Gasteiger partial charge in [-0.25, -0.2) is 9.67 Å². The Labute approximate surface area is 180 Å². The van der Waals surface area contributed by atoms with E-state index < -0.39 is 0 Å². The fourth-order valence-corrected chi connectivity index (χ4v) is 3.35. The summed E-state index contributed by atoms with van der Waals surface area (Å²) in [4.78, 5) is 29.9. The number of aryl methyl sites for hydroxylation is 1. The summed E-state index contributed by atoms with van der Waals surface area (Å²) in [6.07, 6.45) is 3.11. The molecule has 0 aliphatic heterocycles. The summed E-state index contributed by atoms with van der Waals surface area (Å²) in [6, 6.07) is 21.7. The van der Waals surface area contributed by atoms with Crippen LogP contribution in [-0.4, -0.2) is 26.5 Å². The van der Waals surface area contributed by atoms with Crippen LogP contribution in [0.5, 0.6) is 0 Å². The van der Waals surface area contributed by atoms with Gasteiger partial charge in [-0.3, -0.25) is 9.59 Å². The average Bonchev–Trinajstić information content (AvgIpc) is 3.34. The van der Waals surface area contributed by atoms with Gasteiger partial charge in [-0.15, -0.1) is 0 Å². The Balaban J connectivity index is 1.52. The predicted octanol–water partition coefficient (Wildman–Crippen LogP) is 4.30. The van der Waals surface area contributed by atoms with Gasteiger partial charge in [-0.2, -0.15) is 5.10 Å². The molecule has 1 amide bonds. The van der Waals surface area contributed by atoms with Crippen molar-refractivity contribution < 1.29 is 9.59 Å². The maximum atomic E-state index is 13.0. The van der Waals surface area contributed by atoms with Crippen molar-refractivity contribution in [3.8, 4) is 5.69 Å². The second-order valence-corrected chi connectivity index (χ2v) is 7.37. The number of ketones is 1. The minimum Gasteiger partial charge on any atom is -0.345 e. The Bertz CT molecular complexity index is 1200. The van der Waals surface area contributed by atoms with Crippen molar-refractivity contribution in [3.05, 3.63) is 113 Å². The fourth-order valence-electron chi connectivity index (χ4n) is 3.35. The lowest BCUT2D eigenvalue weighted by atomic mass is 9.97. The fraction of sp³-hybridized carbons (Fsp3) is 0.120. The monoisotopic (exact) mass is 410 g/mol. The minimum absolute atomic E-state index is 0.171. The van der Waals surface area contributed by atoms with E-state index in [9.17, 15) is 9.59 Å². The molecule has 3 aromatic carbocycles. The van der Waals surface area contributed by atoms with Crippen LogP contribution in [0.25, 0.3) is 5.69 Å². The molecule has 31 heavy (non-hydrogen) atoms. The van der Waals surface area contributed by atoms with Crippen LogP contribution in [0.1, 0.15) is 50.4 Å². The van der Waals surface area contributed by atoms with Gasteiger partial charge in [-0.1, -0.05) is 60.2 Å². The molecule has 0 radical (unpaired) electrons. The minimum atomic E-state index is -0.288. The van der Waals surface area contributed by atoms with Gasteiger partial charge >= 0.3 is 0 Å². The summed E-state index contributed by atoms with van der Waals surface area (Å²) < 4.78 is 1.67. The average molecular weight is 410 g/mol. The molecule has 154 valence electrons. The number of carbonyl (C=O) groups excluding carboxylic acids is 2. The molecule has 4 aromatic rings. The highest BCUT2D eigenvalue weighted by atomic mass is 16.2. The van der Waals surface area contributed by atoms with E-state index in [1.165, 1.54) is 6.33 Å². The summed E-state index contributed by atoms with van der Waals surface area (Å²) in [6.45, 7) is 3.88. The number of benzene rings is 3. The third-order valence-electron chi connectivity index (χ3n) is 5.15. The first-order valence-corrected chi connectivity index (χ1v) is 9.99. The van der Waals surface area contributed by atoms with Crippen LogP contribution in [0.4, 0.5) is 0 Å². The van der Waals surface area contributed by atoms with Crippen LogP contribution in [0.15, 0.2) is 85.5 Å². The lowest BCUT2D eigenvalue weighted by molar-refractivity contribution is 0.0929. The summed E-state index contributed by atoms with van der Waals surface area (Å²) in [5.41, 5.74) is 4.21. The van der Waals surface area contributed by atoms with E-state index in [1.807, 2.05) is 50.2 Å². The maximum absolute atomic E-state index is 13.0. The second-order valence-electron chi connectivity index (χ2n) is 7.37. The van der Waals surface area contributed by atoms with E-state index in [2.05, 4.69) is 15.4 Å². The van der Waals surface area contributed by atoms with E-state index in [-0.39, 0.29) is 17.7 Å². The van der Waals surface area contributed by atoms with Crippen molar-refractivity contribution in [3.63, 3.8) is 0 Å². The molecule has 0 aliphatic rings. The molecule has 0 saturated heterocycles. The first-order valence-electron chi connectivity index (χ1n) is 9.99. The molecule has 4 rings (SSSR count). The third-order valence-corrected chi connectivity index (χ3v) is 5.15. The zero-order valence-electron chi connectivity index (χ0n) is 17.3. The smallest absolute Gasteiger partial charge is 0.252 e. The number of aromatic nitrogens is 3. The van der Waals surface area contributed by atoms with Gasteiger partial charge in [0, 0.05) is 11.1 Å². The van der Waals surface area contributed by atoms with Crippen molar-refractivity contribution in [2.24, 2.45) is 0 Å². The van der Waals surface area contributed by atoms with Crippen LogP contribution in [0.2, 0.25) is 0 Å². The highest BCUT2D eigenvalue weighted by molar-refractivity contribution is 6.15. The van der Waals surface area contributed by atoms with Crippen LogP contribution in [0, 0.1) is 6.92 Å². The highest BCUT2D eigenvalue weighted by Gasteiger charge is 2.19. The molecule has 1 N–H and O–H groups in total. The van der Waals surface area contributed by atoms with Crippen LogP contribution < -0.4 is 5.32 Å². The van der Waals surface area contributed by atoms with Crippen molar-refractivity contribution in [2.75, 3.05) is 0 Å². The zero-order chi connectivity index (χ0) is 21.8. The van der Waals surface area contributed by atoms with Gasteiger partial charge < -0.3 is 5.32 Å². The molecule has 1 unspecified atom stereocenters. The molecular formula is C25H22N4O2. The van der Waals surface area contributed by atoms with Gasteiger partial charge in [0.2, 0.25) is 0 Å². The van der Waals surface area contributed by atoms with Crippen molar-refractivity contribution >= 4 is 11.7 Å². The summed E-state index contributed by atoms with van der Waals surface area (Å²) in [7, 11) is 0. The molecule has 6 heteroatoms. The van der Waals surface area contributed by atoms with Crippen LogP contribution in [0.3, 0.4) is 0 Å². The van der Waals surface area contributed by atoms with E-state index in [1.54, 1.807) is 47.4 Å². The molecule has 0 fully saturated rings. The Hall–Kier alpha value is -4.06. The van der Waals surface area contributed by atoms with Gasteiger partial charge in [0.25, 0.3) is 5.91 Å². The second kappa shape index (κ2) is 8.75. The van der Waals surface area contributed by atoms with Gasteiger partial charge in [0.1, 0.15) is 12.7 Å². The first kappa shape index (κ1) is 20.2. The Kier molecular flexibility index (Phi) is 5.71. The molecule has 0 spiro atoms. The topological polar surface area (TPSA) is 76.9 Å². The highest BCUT2D eigenvalue weighted by Crippen LogP contribution is 2.19. The zero-order valence-corrected chi connectivity index (χ0v) is 17.3. The van der Waals surface area contributed by atoms with E-state index in [0.29, 0.717) is 16.7 Å². The summed E-state index contributed by atoms with van der Waals surface area (Å²) >= 11 is 0. The molecule has 1 heterocycles. The van der Waals surface area contributed by atoms with Crippen molar-refractivity contribution in [1.82, 2.24) is 20.1 Å². The van der Waals surface area contributed by atoms with E-state index >= 15 is 0 Å². The number of rotatable bonds is 6. The third kappa shape index (κ3) is 4.43. The van der Waals surface area contributed by atoms with Gasteiger partial charge in [0.15, 0.2) is 5.78 Å². The largest absolute Gasteiger partial charge is 0.345 e. The molecular weight excluding hydrogens is 388 g/mol. The van der Waals surface area contributed by atoms with Crippen molar-refractivity contribution in [2.45, 2.75) is 19.9 Å². The Morgan fingerprint density at radius 2 is 1.58 bits per heavy atom. The van der Waals surface area contributed by atoms with Gasteiger partial charge in [-0.05, 0) is 37.6 Å². The lowest BCUT2D eigenvalue weighted by Gasteiger charge is -2.16. The number of nitrogens with one attached hydrogen (secondary N) is 1.